The van der Waals surface area contributed by atoms with Crippen molar-refractivity contribution in [1.29, 1.82) is 0 Å². The fourth-order valence-corrected chi connectivity index (χ4v) is 3.39. The van der Waals surface area contributed by atoms with E-state index in [1.807, 2.05) is 14.0 Å². The monoisotopic (exact) mass is 387 g/mol. The summed E-state index contributed by atoms with van der Waals surface area (Å²) in [6, 6.07) is 7.63. The number of halogens is 1. The summed E-state index contributed by atoms with van der Waals surface area (Å²) in [7, 11) is 1.84. The number of nitrogens with one attached hydrogen (secondary N) is 1. The van der Waals surface area contributed by atoms with Crippen LogP contribution in [0.15, 0.2) is 36.5 Å². The van der Waals surface area contributed by atoms with Gasteiger partial charge in [-0.15, -0.1) is 0 Å². The number of carbonyl (C=O) groups excluding carboxylic acids is 1. The molecule has 3 rings (SSSR count). The maximum absolute atomic E-state index is 14.2. The highest BCUT2D eigenvalue weighted by Crippen LogP contribution is 2.30. The van der Waals surface area contributed by atoms with E-state index in [0.29, 0.717) is 24.2 Å². The molecule has 2 aromatic rings. The second-order valence-corrected chi connectivity index (χ2v) is 7.24. The summed E-state index contributed by atoms with van der Waals surface area (Å²) >= 11 is 0. The van der Waals surface area contributed by atoms with Crippen molar-refractivity contribution >= 4 is 5.91 Å². The Balaban J connectivity index is 2.09. The molecule has 1 aliphatic rings. The second kappa shape index (κ2) is 8.67. The number of amides is 1. The molecule has 0 bridgehead atoms. The average molecular weight is 387 g/mol. The van der Waals surface area contributed by atoms with E-state index in [1.165, 1.54) is 12.3 Å². The summed E-state index contributed by atoms with van der Waals surface area (Å²) in [5.41, 5.74) is 1.15. The summed E-state index contributed by atoms with van der Waals surface area (Å²) in [5, 5.41) is 12.7. The average Bonchev–Trinajstić information content (AvgIpc) is 2.70. The zero-order chi connectivity index (χ0) is 20.3. The third-order valence-corrected chi connectivity index (χ3v) is 5.11. The lowest BCUT2D eigenvalue weighted by Gasteiger charge is -2.36. The molecule has 1 aromatic heterocycles. The second-order valence-electron chi connectivity index (χ2n) is 7.24. The fourth-order valence-electron chi connectivity index (χ4n) is 3.39. The van der Waals surface area contributed by atoms with Gasteiger partial charge in [-0.3, -0.25) is 4.79 Å². The van der Waals surface area contributed by atoms with Crippen molar-refractivity contribution in [3.05, 3.63) is 47.9 Å². The normalized spacial score (nSPS) is 20.8. The first-order chi connectivity index (χ1) is 13.5. The van der Waals surface area contributed by atoms with Crippen molar-refractivity contribution < 1.29 is 19.0 Å². The van der Waals surface area contributed by atoms with Crippen LogP contribution in [0, 0.1) is 11.7 Å². The van der Waals surface area contributed by atoms with Crippen LogP contribution in [0.3, 0.4) is 0 Å². The number of likely N-dealkylation sites (N-methyl/N-ethyl adjacent to an activating group) is 1. The molecule has 150 valence electrons. The van der Waals surface area contributed by atoms with Gasteiger partial charge in [0, 0.05) is 36.3 Å². The van der Waals surface area contributed by atoms with Gasteiger partial charge in [0.25, 0.3) is 5.91 Å². The van der Waals surface area contributed by atoms with Gasteiger partial charge in [-0.25, -0.2) is 9.37 Å². The summed E-state index contributed by atoms with van der Waals surface area (Å²) in [5.74, 6) is -0.402. The Kier molecular flexibility index (Phi) is 6.26. The molecular formula is C21H26FN3O3. The van der Waals surface area contributed by atoms with Crippen LogP contribution in [0.5, 0.6) is 5.88 Å². The molecule has 2 N–H and O–H groups in total. The molecule has 1 aromatic carbocycles. The van der Waals surface area contributed by atoms with Crippen molar-refractivity contribution in [2.45, 2.75) is 26.0 Å². The maximum Gasteiger partial charge on any atom is 0.259 e. The number of pyridine rings is 1. The van der Waals surface area contributed by atoms with E-state index in [9.17, 15) is 14.3 Å². The molecule has 1 aliphatic heterocycles. The minimum atomic E-state index is -0.384. The van der Waals surface area contributed by atoms with Crippen molar-refractivity contribution in [3.8, 4) is 17.0 Å². The molecule has 0 unspecified atom stereocenters. The zero-order valence-electron chi connectivity index (χ0n) is 16.4. The number of rotatable bonds is 5. The topological polar surface area (TPSA) is 74.7 Å². The number of nitrogens with zero attached hydrogens (tertiary/aromatic N) is 2. The number of aliphatic hydroxyl groups is 1. The van der Waals surface area contributed by atoms with E-state index in [-0.39, 0.29) is 47.8 Å². The fraction of sp³-hybridized carbons (Fsp3) is 0.429. The lowest BCUT2D eigenvalue weighted by atomic mass is 9.99. The van der Waals surface area contributed by atoms with E-state index >= 15 is 0 Å². The lowest BCUT2D eigenvalue weighted by molar-refractivity contribution is 0.0404. The standard InChI is InChI=1S/C21H26FN3O3/c1-13-11-25(14(2)12-26)21(27)17-8-15(16-6-4-5-7-18(16)22)9-24-20(17)28-19(13)10-23-3/h4-9,13-14,19,23,26H,10-12H2,1-3H3/t13-,14-,19-/m1/s1. The third-order valence-electron chi connectivity index (χ3n) is 5.11. The summed E-state index contributed by atoms with van der Waals surface area (Å²) in [6.45, 7) is 4.69. The number of hydrogen-bond donors (Lipinski definition) is 2. The molecule has 0 fully saturated rings. The first-order valence-electron chi connectivity index (χ1n) is 9.44. The number of fused-ring (bicyclic) bond motifs is 1. The molecule has 0 radical (unpaired) electrons. The van der Waals surface area contributed by atoms with Crippen molar-refractivity contribution in [3.63, 3.8) is 0 Å². The first-order valence-corrected chi connectivity index (χ1v) is 9.44. The minimum absolute atomic E-state index is 0.0339. The van der Waals surface area contributed by atoms with Crippen LogP contribution in [0.1, 0.15) is 24.2 Å². The Hall–Kier alpha value is -2.51. The molecular weight excluding hydrogens is 361 g/mol. The Morgan fingerprint density at radius 1 is 1.39 bits per heavy atom. The van der Waals surface area contributed by atoms with Crippen LogP contribution in [0.25, 0.3) is 11.1 Å². The number of aromatic nitrogens is 1. The predicted octanol–water partition coefficient (Wildman–Crippen LogP) is 2.33. The third kappa shape index (κ3) is 4.00. The lowest BCUT2D eigenvalue weighted by Crippen LogP contribution is -2.49. The first kappa shape index (κ1) is 20.2. The number of aliphatic hydroxyl groups excluding tert-OH is 1. The highest BCUT2D eigenvalue weighted by molar-refractivity contribution is 5.98. The van der Waals surface area contributed by atoms with E-state index in [1.54, 1.807) is 36.1 Å². The van der Waals surface area contributed by atoms with Crippen LogP contribution in [-0.2, 0) is 0 Å². The molecule has 0 saturated heterocycles. The molecule has 0 spiro atoms. The van der Waals surface area contributed by atoms with E-state index in [0.717, 1.165) is 0 Å². The number of benzene rings is 1. The van der Waals surface area contributed by atoms with Crippen LogP contribution in [0.2, 0.25) is 0 Å². The van der Waals surface area contributed by atoms with Gasteiger partial charge in [0.15, 0.2) is 0 Å². The Labute approximate surface area is 164 Å². The molecule has 0 aliphatic carbocycles. The summed E-state index contributed by atoms with van der Waals surface area (Å²) < 4.78 is 20.3. The minimum Gasteiger partial charge on any atom is -0.472 e. The highest BCUT2D eigenvalue weighted by Gasteiger charge is 2.33. The van der Waals surface area contributed by atoms with Crippen LogP contribution in [-0.4, -0.2) is 59.8 Å². The summed E-state index contributed by atoms with van der Waals surface area (Å²) in [4.78, 5) is 19.2. The van der Waals surface area contributed by atoms with E-state index in [2.05, 4.69) is 10.3 Å². The van der Waals surface area contributed by atoms with E-state index < -0.39 is 0 Å². The molecule has 7 heteroatoms. The molecule has 28 heavy (non-hydrogen) atoms. The SMILES string of the molecule is CNC[C@H]1Oc2ncc(-c3ccccc3F)cc2C(=O)N([C@H](C)CO)C[C@H]1C. The molecule has 0 saturated carbocycles. The molecule has 2 heterocycles. The largest absolute Gasteiger partial charge is 0.472 e. The Bertz CT molecular complexity index is 845. The van der Waals surface area contributed by atoms with Crippen molar-refractivity contribution in [2.24, 2.45) is 5.92 Å². The van der Waals surface area contributed by atoms with Gasteiger partial charge in [-0.05, 0) is 26.1 Å². The molecule has 3 atom stereocenters. The zero-order valence-corrected chi connectivity index (χ0v) is 16.4. The predicted molar refractivity (Wildman–Crippen MR) is 105 cm³/mol. The Morgan fingerprint density at radius 2 is 2.14 bits per heavy atom. The molecule has 6 nitrogen and oxygen atoms in total. The van der Waals surface area contributed by atoms with Gasteiger partial charge in [0.1, 0.15) is 17.5 Å². The quantitative estimate of drug-likeness (QED) is 0.824. The van der Waals surface area contributed by atoms with Gasteiger partial charge < -0.3 is 20.1 Å². The van der Waals surface area contributed by atoms with Crippen LogP contribution in [0.4, 0.5) is 4.39 Å². The smallest absolute Gasteiger partial charge is 0.259 e. The highest BCUT2D eigenvalue weighted by atomic mass is 19.1. The van der Waals surface area contributed by atoms with Crippen molar-refractivity contribution in [1.82, 2.24) is 15.2 Å². The van der Waals surface area contributed by atoms with Crippen LogP contribution < -0.4 is 10.1 Å². The van der Waals surface area contributed by atoms with Gasteiger partial charge in [0.2, 0.25) is 5.88 Å². The van der Waals surface area contributed by atoms with Crippen LogP contribution >= 0.6 is 0 Å². The van der Waals surface area contributed by atoms with E-state index in [4.69, 9.17) is 4.74 Å². The van der Waals surface area contributed by atoms with Gasteiger partial charge in [0.05, 0.1) is 12.6 Å². The van der Waals surface area contributed by atoms with Gasteiger partial charge in [-0.2, -0.15) is 0 Å². The summed E-state index contributed by atoms with van der Waals surface area (Å²) in [6.07, 6.45) is 1.32. The number of carbonyl (C=O) groups is 1. The number of ether oxygens (including phenoxy) is 1. The van der Waals surface area contributed by atoms with Gasteiger partial charge in [-0.1, -0.05) is 25.1 Å². The van der Waals surface area contributed by atoms with Gasteiger partial charge >= 0.3 is 0 Å². The Morgan fingerprint density at radius 3 is 2.82 bits per heavy atom. The maximum atomic E-state index is 14.2. The number of hydrogen-bond acceptors (Lipinski definition) is 5. The van der Waals surface area contributed by atoms with Crippen molar-refractivity contribution in [2.75, 3.05) is 26.7 Å². The molecule has 1 amide bonds.